The predicted molar refractivity (Wildman–Crippen MR) is 177 cm³/mol. The van der Waals surface area contributed by atoms with Crippen molar-refractivity contribution in [2.75, 3.05) is 39.4 Å². The number of imidazole rings is 1. The van der Waals surface area contributed by atoms with E-state index in [1.807, 2.05) is 43.5 Å². The first-order chi connectivity index (χ1) is 22.0. The Kier molecular flexibility index (Phi) is 11.6. The Labute approximate surface area is 276 Å². The molecular weight excluding hydrogens is 629 g/mol. The van der Waals surface area contributed by atoms with E-state index in [0.29, 0.717) is 57.2 Å². The van der Waals surface area contributed by atoms with Gasteiger partial charge in [0.25, 0.3) is 5.91 Å². The summed E-state index contributed by atoms with van der Waals surface area (Å²) in [6.07, 6.45) is -2.65. The maximum Gasteiger partial charge on any atom is 0.416 e. The largest absolute Gasteiger partial charge is 0.494 e. The van der Waals surface area contributed by atoms with Crippen LogP contribution >= 0.6 is 0 Å². The van der Waals surface area contributed by atoms with E-state index in [1.165, 1.54) is 12.1 Å². The van der Waals surface area contributed by atoms with Crippen LogP contribution in [0, 0.1) is 0 Å². The van der Waals surface area contributed by atoms with E-state index in [4.69, 9.17) is 19.2 Å². The van der Waals surface area contributed by atoms with Gasteiger partial charge in [-0.25, -0.2) is 9.78 Å². The SMILES string of the molecule is CC(C)(C)OC(=O)N1CCN(C(=O)c2nc3ccc(CCCCOc4cccc(C(F)(F)F)c4)cc3n2COCC[Si](C)(C)C)CC1. The lowest BCUT2D eigenvalue weighted by Gasteiger charge is -2.35. The number of unbranched alkanes of at least 4 members (excludes halogenated alkanes) is 1. The highest BCUT2D eigenvalue weighted by Gasteiger charge is 2.31. The molecule has 9 nitrogen and oxygen atoms in total. The maximum atomic E-state index is 13.8. The summed E-state index contributed by atoms with van der Waals surface area (Å²) in [6, 6.07) is 11.8. The van der Waals surface area contributed by atoms with Gasteiger partial charge in [-0.3, -0.25) is 9.36 Å². The Balaban J connectivity index is 1.42. The molecule has 258 valence electrons. The summed E-state index contributed by atoms with van der Waals surface area (Å²) in [5.41, 5.74) is 1.20. The normalized spacial score (nSPS) is 14.5. The number of hydrogen-bond donors (Lipinski definition) is 0. The molecule has 0 unspecified atom stereocenters. The second-order valence-corrected chi connectivity index (χ2v) is 19.7. The number of rotatable bonds is 12. The van der Waals surface area contributed by atoms with Crippen molar-refractivity contribution in [3.8, 4) is 5.75 Å². The summed E-state index contributed by atoms with van der Waals surface area (Å²) in [4.78, 5) is 34.4. The highest BCUT2D eigenvalue weighted by molar-refractivity contribution is 6.76. The van der Waals surface area contributed by atoms with Crippen molar-refractivity contribution in [1.82, 2.24) is 19.4 Å². The lowest BCUT2D eigenvalue weighted by molar-refractivity contribution is -0.137. The molecule has 1 aliphatic heterocycles. The van der Waals surface area contributed by atoms with Crippen LogP contribution in [0.3, 0.4) is 0 Å². The molecule has 1 fully saturated rings. The number of ether oxygens (including phenoxy) is 3. The van der Waals surface area contributed by atoms with Crippen LogP contribution in [-0.2, 0) is 28.8 Å². The molecule has 0 atom stereocenters. The van der Waals surface area contributed by atoms with Crippen LogP contribution in [0.2, 0.25) is 25.7 Å². The molecule has 1 aliphatic rings. The van der Waals surface area contributed by atoms with Crippen LogP contribution in [-0.4, -0.2) is 84.4 Å². The van der Waals surface area contributed by atoms with E-state index in [1.54, 1.807) is 9.80 Å². The number of aryl methyl sites for hydroxylation is 1. The minimum Gasteiger partial charge on any atom is -0.494 e. The first kappa shape index (κ1) is 36.3. The molecule has 0 aliphatic carbocycles. The van der Waals surface area contributed by atoms with Gasteiger partial charge in [-0.15, -0.1) is 0 Å². The summed E-state index contributed by atoms with van der Waals surface area (Å²) < 4.78 is 58.0. The van der Waals surface area contributed by atoms with Crippen molar-refractivity contribution in [3.05, 3.63) is 59.4 Å². The van der Waals surface area contributed by atoms with E-state index < -0.39 is 25.4 Å². The number of fused-ring (bicyclic) bond motifs is 1. The summed E-state index contributed by atoms with van der Waals surface area (Å²) in [5.74, 6) is 0.278. The number of amides is 2. The molecule has 2 heterocycles. The second kappa shape index (κ2) is 15.1. The zero-order valence-electron chi connectivity index (χ0n) is 28.3. The monoisotopic (exact) mass is 676 g/mol. The summed E-state index contributed by atoms with van der Waals surface area (Å²) in [5, 5.41) is 0. The average Bonchev–Trinajstić information content (AvgIpc) is 3.35. The Bertz CT molecular complexity index is 1520. The molecule has 0 saturated carbocycles. The fourth-order valence-corrected chi connectivity index (χ4v) is 5.85. The Morgan fingerprint density at radius 2 is 1.62 bits per heavy atom. The number of carbonyl (C=O) groups is 2. The van der Waals surface area contributed by atoms with Crippen LogP contribution in [0.15, 0.2) is 42.5 Å². The molecule has 3 aromatic rings. The lowest BCUT2D eigenvalue weighted by atomic mass is 10.1. The van der Waals surface area contributed by atoms with Gasteiger partial charge in [0.05, 0.1) is 23.2 Å². The fourth-order valence-electron chi connectivity index (χ4n) is 5.10. The average molecular weight is 677 g/mol. The summed E-state index contributed by atoms with van der Waals surface area (Å²) in [6.45, 7) is 14.9. The van der Waals surface area contributed by atoms with Gasteiger partial charge < -0.3 is 24.0 Å². The van der Waals surface area contributed by atoms with E-state index in [9.17, 15) is 22.8 Å². The van der Waals surface area contributed by atoms with Crippen molar-refractivity contribution < 1.29 is 37.0 Å². The first-order valence-electron chi connectivity index (χ1n) is 16.1. The van der Waals surface area contributed by atoms with Crippen LogP contribution in [0.25, 0.3) is 11.0 Å². The third-order valence-corrected chi connectivity index (χ3v) is 9.43. The van der Waals surface area contributed by atoms with Crippen molar-refractivity contribution in [2.45, 2.75) is 84.2 Å². The van der Waals surface area contributed by atoms with Gasteiger partial charge in [0.2, 0.25) is 5.82 Å². The Morgan fingerprint density at radius 3 is 2.28 bits per heavy atom. The third kappa shape index (κ3) is 10.7. The van der Waals surface area contributed by atoms with Gasteiger partial charge in [0.15, 0.2) is 0 Å². The van der Waals surface area contributed by atoms with E-state index >= 15 is 0 Å². The number of piperazine rings is 1. The minimum atomic E-state index is -4.41. The molecule has 2 aromatic carbocycles. The smallest absolute Gasteiger partial charge is 0.416 e. The van der Waals surface area contributed by atoms with Crippen LogP contribution in [0.5, 0.6) is 5.75 Å². The first-order valence-corrected chi connectivity index (χ1v) is 19.8. The topological polar surface area (TPSA) is 86.1 Å². The van der Waals surface area contributed by atoms with Crippen molar-refractivity contribution in [2.24, 2.45) is 0 Å². The molecule has 0 N–H and O–H groups in total. The molecular formula is C34H47F3N4O5Si. The van der Waals surface area contributed by atoms with Crippen LogP contribution in [0.1, 0.15) is 55.4 Å². The number of benzene rings is 2. The minimum absolute atomic E-state index is 0.189. The number of alkyl halides is 3. The van der Waals surface area contributed by atoms with Crippen molar-refractivity contribution in [3.63, 3.8) is 0 Å². The lowest BCUT2D eigenvalue weighted by Crippen LogP contribution is -2.52. The molecule has 0 spiro atoms. The van der Waals surface area contributed by atoms with E-state index in [-0.39, 0.29) is 24.5 Å². The highest BCUT2D eigenvalue weighted by atomic mass is 28.3. The second-order valence-electron chi connectivity index (χ2n) is 14.1. The molecule has 4 rings (SSSR count). The quantitative estimate of drug-likeness (QED) is 0.146. The van der Waals surface area contributed by atoms with Crippen LogP contribution < -0.4 is 4.74 Å². The molecule has 1 saturated heterocycles. The van der Waals surface area contributed by atoms with Crippen molar-refractivity contribution in [1.29, 1.82) is 0 Å². The maximum absolute atomic E-state index is 13.8. The fraction of sp³-hybridized carbons (Fsp3) is 0.559. The number of aromatic nitrogens is 2. The van der Waals surface area contributed by atoms with Gasteiger partial charge in [-0.1, -0.05) is 31.8 Å². The predicted octanol–water partition coefficient (Wildman–Crippen LogP) is 7.46. The third-order valence-electron chi connectivity index (χ3n) is 7.73. The highest BCUT2D eigenvalue weighted by Crippen LogP contribution is 2.31. The molecule has 13 heteroatoms. The standard InChI is InChI=1S/C34H47F3N4O5Si/c1-33(2,3)46-32(43)40-17-15-39(16-18-40)31(42)30-38-28-14-13-25(22-29(28)41(30)24-44-20-21-47(4,5)6)10-7-8-19-45-27-12-9-11-26(23-27)34(35,36)37/h9,11-14,22-23H,7-8,10,15-21,24H2,1-6H3. The van der Waals surface area contributed by atoms with Gasteiger partial charge in [0, 0.05) is 40.9 Å². The summed E-state index contributed by atoms with van der Waals surface area (Å²) in [7, 11) is -1.32. The molecule has 1 aromatic heterocycles. The zero-order chi connectivity index (χ0) is 34.4. The molecule has 0 bridgehead atoms. The van der Waals surface area contributed by atoms with Crippen molar-refractivity contribution >= 4 is 31.1 Å². The van der Waals surface area contributed by atoms with Gasteiger partial charge in [-0.2, -0.15) is 13.2 Å². The number of halogens is 3. The van der Waals surface area contributed by atoms with E-state index in [2.05, 4.69) is 19.6 Å². The Morgan fingerprint density at radius 1 is 0.915 bits per heavy atom. The van der Waals surface area contributed by atoms with Gasteiger partial charge >= 0.3 is 12.3 Å². The molecule has 0 radical (unpaired) electrons. The molecule has 2 amide bonds. The number of nitrogens with zero attached hydrogens (tertiary/aromatic N) is 4. The van der Waals surface area contributed by atoms with Crippen LogP contribution in [0.4, 0.5) is 18.0 Å². The van der Waals surface area contributed by atoms with Gasteiger partial charge in [0.1, 0.15) is 18.1 Å². The zero-order valence-corrected chi connectivity index (χ0v) is 29.3. The molecule has 47 heavy (non-hydrogen) atoms. The summed E-state index contributed by atoms with van der Waals surface area (Å²) >= 11 is 0. The van der Waals surface area contributed by atoms with E-state index in [0.717, 1.165) is 42.1 Å². The Hall–Kier alpha value is -3.58. The van der Waals surface area contributed by atoms with Gasteiger partial charge in [-0.05, 0) is 82.0 Å². The number of carbonyl (C=O) groups excluding carboxylic acids is 2. The number of hydrogen-bond acceptors (Lipinski definition) is 6.